The van der Waals surface area contributed by atoms with Crippen LogP contribution in [0.2, 0.25) is 0 Å². The van der Waals surface area contributed by atoms with Gasteiger partial charge in [-0.3, -0.25) is 10.1 Å². The molecule has 1 amide bonds. The van der Waals surface area contributed by atoms with Gasteiger partial charge in [0.1, 0.15) is 6.17 Å². The van der Waals surface area contributed by atoms with Crippen molar-refractivity contribution in [1.82, 2.24) is 10.2 Å². The Balaban J connectivity index is 1.85. The van der Waals surface area contributed by atoms with E-state index in [1.165, 1.54) is 30.4 Å². The Bertz CT molecular complexity index is 496. The van der Waals surface area contributed by atoms with E-state index in [1.54, 1.807) is 0 Å². The Morgan fingerprint density at radius 2 is 2.10 bits per heavy atom. The summed E-state index contributed by atoms with van der Waals surface area (Å²) in [6, 6.07) is 8.77. The number of nitrogens with one attached hydrogen (secondary N) is 1. The summed E-state index contributed by atoms with van der Waals surface area (Å²) in [7, 11) is 0. The van der Waals surface area contributed by atoms with E-state index in [0.717, 1.165) is 12.3 Å². The van der Waals surface area contributed by atoms with Gasteiger partial charge in [-0.2, -0.15) is 0 Å². The average Bonchev–Trinajstić information content (AvgIpc) is 3.19. The van der Waals surface area contributed by atoms with E-state index in [-0.39, 0.29) is 12.1 Å². The lowest BCUT2D eigenvalue weighted by molar-refractivity contribution is -0.130. The fourth-order valence-corrected chi connectivity index (χ4v) is 3.30. The predicted molar refractivity (Wildman–Crippen MR) is 80.2 cm³/mol. The van der Waals surface area contributed by atoms with Crippen LogP contribution in [0.5, 0.6) is 0 Å². The molecule has 3 heteroatoms. The van der Waals surface area contributed by atoms with Crippen LogP contribution in [0.3, 0.4) is 0 Å². The van der Waals surface area contributed by atoms with Crippen molar-refractivity contribution in [3.8, 4) is 0 Å². The Labute approximate surface area is 121 Å². The van der Waals surface area contributed by atoms with Crippen LogP contribution in [-0.4, -0.2) is 23.4 Å². The Morgan fingerprint density at radius 3 is 2.75 bits per heavy atom. The van der Waals surface area contributed by atoms with Crippen molar-refractivity contribution in [2.45, 2.75) is 51.7 Å². The van der Waals surface area contributed by atoms with E-state index in [9.17, 15) is 4.79 Å². The molecule has 2 unspecified atom stereocenters. The van der Waals surface area contributed by atoms with Crippen molar-refractivity contribution in [1.29, 1.82) is 0 Å². The largest absolute Gasteiger partial charge is 0.319 e. The van der Waals surface area contributed by atoms with E-state index in [2.05, 4.69) is 48.3 Å². The quantitative estimate of drug-likeness (QED) is 0.893. The Hall–Kier alpha value is -1.35. The van der Waals surface area contributed by atoms with Gasteiger partial charge in [0.2, 0.25) is 5.91 Å². The summed E-state index contributed by atoms with van der Waals surface area (Å²) >= 11 is 0. The van der Waals surface area contributed by atoms with E-state index in [4.69, 9.17) is 0 Å². The molecular weight excluding hydrogens is 248 g/mol. The molecule has 108 valence electrons. The number of hydrogen-bond acceptors (Lipinski definition) is 2. The zero-order valence-corrected chi connectivity index (χ0v) is 12.4. The number of hydrogen-bond donors (Lipinski definition) is 1. The first kappa shape index (κ1) is 13.6. The molecule has 1 aromatic rings. The third kappa shape index (κ3) is 2.59. The van der Waals surface area contributed by atoms with Crippen LogP contribution in [0, 0.1) is 12.8 Å². The Kier molecular flexibility index (Phi) is 3.79. The topological polar surface area (TPSA) is 32.3 Å². The van der Waals surface area contributed by atoms with Gasteiger partial charge in [-0.1, -0.05) is 44.0 Å². The number of amides is 1. The first-order chi connectivity index (χ1) is 9.70. The molecule has 0 spiro atoms. The van der Waals surface area contributed by atoms with Crippen LogP contribution in [-0.2, 0) is 4.79 Å². The number of rotatable bonds is 5. The van der Waals surface area contributed by atoms with Gasteiger partial charge in [0.05, 0.1) is 6.54 Å². The molecule has 1 saturated carbocycles. The lowest BCUT2D eigenvalue weighted by Crippen LogP contribution is -2.40. The van der Waals surface area contributed by atoms with Gasteiger partial charge in [0, 0.05) is 6.04 Å². The molecular formula is C17H24N2O. The molecule has 1 N–H and O–H groups in total. The van der Waals surface area contributed by atoms with E-state index in [0.29, 0.717) is 12.6 Å². The molecule has 20 heavy (non-hydrogen) atoms. The van der Waals surface area contributed by atoms with Crippen LogP contribution in [0.15, 0.2) is 24.3 Å². The third-order valence-electron chi connectivity index (χ3n) is 4.66. The average molecular weight is 272 g/mol. The second-order valence-corrected chi connectivity index (χ2v) is 6.18. The molecule has 0 radical (unpaired) electrons. The van der Waals surface area contributed by atoms with Crippen LogP contribution < -0.4 is 5.32 Å². The number of benzene rings is 1. The van der Waals surface area contributed by atoms with Gasteiger partial charge in [-0.05, 0) is 36.8 Å². The molecule has 2 aliphatic rings. The maximum atomic E-state index is 12.3. The first-order valence-electron chi connectivity index (χ1n) is 7.80. The Morgan fingerprint density at radius 1 is 1.35 bits per heavy atom. The molecule has 0 bridgehead atoms. The molecule has 3 nitrogen and oxygen atoms in total. The van der Waals surface area contributed by atoms with Gasteiger partial charge in [-0.15, -0.1) is 0 Å². The normalized spacial score (nSPS) is 24.2. The lowest BCUT2D eigenvalue weighted by Gasteiger charge is -2.33. The molecule has 1 heterocycles. The van der Waals surface area contributed by atoms with Crippen LogP contribution in [0.25, 0.3) is 0 Å². The SMILES string of the molecule is CCC(CC1CC1)N1C(=O)CNC1c1ccccc1C. The maximum Gasteiger partial charge on any atom is 0.238 e. The van der Waals surface area contributed by atoms with Crippen molar-refractivity contribution in [3.63, 3.8) is 0 Å². The minimum Gasteiger partial charge on any atom is -0.319 e. The monoisotopic (exact) mass is 272 g/mol. The zero-order valence-electron chi connectivity index (χ0n) is 12.4. The highest BCUT2D eigenvalue weighted by atomic mass is 16.2. The minimum atomic E-state index is 0.0624. The molecule has 1 aliphatic carbocycles. The summed E-state index contributed by atoms with van der Waals surface area (Å²) < 4.78 is 0. The summed E-state index contributed by atoms with van der Waals surface area (Å²) in [5, 5.41) is 3.40. The van der Waals surface area contributed by atoms with E-state index < -0.39 is 0 Å². The standard InChI is InChI=1S/C17H24N2O/c1-3-14(10-13-8-9-13)19-16(20)11-18-17(19)15-7-5-4-6-12(15)2/h4-7,13-14,17-18H,3,8-11H2,1-2H3. The molecule has 1 aromatic carbocycles. The van der Waals surface area contributed by atoms with E-state index in [1.807, 2.05) is 0 Å². The highest BCUT2D eigenvalue weighted by Gasteiger charge is 2.38. The molecule has 2 atom stereocenters. The van der Waals surface area contributed by atoms with Crippen molar-refractivity contribution >= 4 is 5.91 Å². The van der Waals surface area contributed by atoms with Gasteiger partial charge in [0.15, 0.2) is 0 Å². The fraction of sp³-hybridized carbons (Fsp3) is 0.588. The van der Waals surface area contributed by atoms with E-state index >= 15 is 0 Å². The first-order valence-corrected chi connectivity index (χ1v) is 7.80. The number of carbonyl (C=O) groups excluding carboxylic acids is 1. The summed E-state index contributed by atoms with van der Waals surface area (Å²) in [6.07, 6.45) is 4.98. The minimum absolute atomic E-state index is 0.0624. The van der Waals surface area contributed by atoms with Crippen molar-refractivity contribution in [2.75, 3.05) is 6.54 Å². The second-order valence-electron chi connectivity index (χ2n) is 6.18. The predicted octanol–water partition coefficient (Wildman–Crippen LogP) is 3.00. The smallest absolute Gasteiger partial charge is 0.238 e. The molecule has 3 rings (SSSR count). The number of carbonyl (C=O) groups is 1. The summed E-state index contributed by atoms with van der Waals surface area (Å²) in [5.41, 5.74) is 2.50. The molecule has 1 saturated heterocycles. The van der Waals surface area contributed by atoms with Crippen LogP contribution in [0.1, 0.15) is 49.9 Å². The van der Waals surface area contributed by atoms with Gasteiger partial charge in [0.25, 0.3) is 0 Å². The number of aryl methyl sites for hydroxylation is 1. The van der Waals surface area contributed by atoms with Crippen LogP contribution >= 0.6 is 0 Å². The van der Waals surface area contributed by atoms with Crippen molar-refractivity contribution in [3.05, 3.63) is 35.4 Å². The fourth-order valence-electron chi connectivity index (χ4n) is 3.30. The third-order valence-corrected chi connectivity index (χ3v) is 4.66. The van der Waals surface area contributed by atoms with Crippen molar-refractivity contribution < 1.29 is 4.79 Å². The lowest BCUT2D eigenvalue weighted by atomic mass is 10.0. The molecule has 1 aliphatic heterocycles. The second kappa shape index (κ2) is 5.57. The zero-order chi connectivity index (χ0) is 14.1. The highest BCUT2D eigenvalue weighted by molar-refractivity contribution is 5.81. The molecule has 2 fully saturated rings. The maximum absolute atomic E-state index is 12.3. The summed E-state index contributed by atoms with van der Waals surface area (Å²) in [4.78, 5) is 14.4. The molecule has 0 aromatic heterocycles. The van der Waals surface area contributed by atoms with Crippen molar-refractivity contribution in [2.24, 2.45) is 5.92 Å². The highest BCUT2D eigenvalue weighted by Crippen LogP contribution is 2.38. The van der Waals surface area contributed by atoms with Gasteiger partial charge < -0.3 is 4.90 Å². The summed E-state index contributed by atoms with van der Waals surface area (Å²) in [6.45, 7) is 4.80. The van der Waals surface area contributed by atoms with Gasteiger partial charge in [-0.25, -0.2) is 0 Å². The number of nitrogens with zero attached hydrogens (tertiary/aromatic N) is 1. The van der Waals surface area contributed by atoms with Gasteiger partial charge >= 0.3 is 0 Å². The summed E-state index contributed by atoms with van der Waals surface area (Å²) in [5.74, 6) is 1.11. The van der Waals surface area contributed by atoms with Crippen LogP contribution in [0.4, 0.5) is 0 Å².